The molecule has 0 atom stereocenters. The topological polar surface area (TPSA) is 50.6 Å². The summed E-state index contributed by atoms with van der Waals surface area (Å²) in [6, 6.07) is 20.3. The van der Waals surface area contributed by atoms with Crippen LogP contribution in [0.15, 0.2) is 83.1 Å². The summed E-state index contributed by atoms with van der Waals surface area (Å²) >= 11 is 1.46. The minimum absolute atomic E-state index is 0.340. The van der Waals surface area contributed by atoms with Crippen molar-refractivity contribution < 1.29 is 9.63 Å². The van der Waals surface area contributed by atoms with Gasteiger partial charge in [-0.05, 0) is 29.5 Å². The highest BCUT2D eigenvalue weighted by molar-refractivity contribution is 7.99. The van der Waals surface area contributed by atoms with Crippen LogP contribution in [0.5, 0.6) is 0 Å². The molecule has 0 aliphatic carbocycles. The fourth-order valence-electron chi connectivity index (χ4n) is 3.09. The van der Waals surface area contributed by atoms with Gasteiger partial charge in [-0.15, -0.1) is 0 Å². The van der Waals surface area contributed by atoms with Crippen molar-refractivity contribution in [1.82, 2.24) is 19.5 Å². The summed E-state index contributed by atoms with van der Waals surface area (Å²) in [7, 11) is 0. The Balaban J connectivity index is 1.30. The Bertz CT molecular complexity index is 893. The average Bonchev–Trinajstić information content (AvgIpc) is 3.16. The molecule has 0 unspecified atom stereocenters. The van der Waals surface area contributed by atoms with E-state index in [1.807, 2.05) is 36.4 Å². The molecular formula is C21H22N4O2S. The van der Waals surface area contributed by atoms with E-state index < -0.39 is 0 Å². The number of aromatic nitrogens is 2. The van der Waals surface area contributed by atoms with Crippen molar-refractivity contribution in [3.63, 3.8) is 0 Å². The van der Waals surface area contributed by atoms with Gasteiger partial charge in [0.2, 0.25) is 5.16 Å². The molecular weight excluding hydrogens is 372 g/mol. The van der Waals surface area contributed by atoms with Crippen LogP contribution in [0.1, 0.15) is 5.56 Å². The van der Waals surface area contributed by atoms with E-state index in [1.54, 1.807) is 17.3 Å². The number of hydrogen-bond acceptors (Lipinski definition) is 5. The first-order valence-corrected chi connectivity index (χ1v) is 10.1. The van der Waals surface area contributed by atoms with Gasteiger partial charge in [0.05, 0.1) is 6.20 Å². The van der Waals surface area contributed by atoms with Crippen LogP contribution in [0.3, 0.4) is 0 Å². The fraction of sp³-hybridized carbons (Fsp3) is 0.238. The summed E-state index contributed by atoms with van der Waals surface area (Å²) in [5.74, 6) is 0. The van der Waals surface area contributed by atoms with Crippen molar-refractivity contribution in [3.8, 4) is 0 Å². The minimum Gasteiger partial charge on any atom is -0.315 e. The summed E-state index contributed by atoms with van der Waals surface area (Å²) < 4.78 is 1.44. The third-order valence-electron chi connectivity index (χ3n) is 4.58. The van der Waals surface area contributed by atoms with Crippen molar-refractivity contribution in [3.05, 3.63) is 78.6 Å². The molecule has 0 spiro atoms. The van der Waals surface area contributed by atoms with Crippen LogP contribution in [0.2, 0.25) is 0 Å². The number of nitrogens with zero attached hydrogens (tertiary/aromatic N) is 4. The Morgan fingerprint density at radius 3 is 2.36 bits per heavy atom. The maximum Gasteiger partial charge on any atom is 0.434 e. The Hall–Kier alpha value is -2.77. The molecule has 1 saturated heterocycles. The fourth-order valence-corrected chi connectivity index (χ4v) is 3.89. The summed E-state index contributed by atoms with van der Waals surface area (Å²) in [4.78, 5) is 27.6. The van der Waals surface area contributed by atoms with E-state index >= 15 is 0 Å². The number of imidazole rings is 1. The Labute approximate surface area is 168 Å². The van der Waals surface area contributed by atoms with Gasteiger partial charge < -0.3 is 9.74 Å². The lowest BCUT2D eigenvalue weighted by Crippen LogP contribution is -2.50. The normalized spacial score (nSPS) is 14.8. The third-order valence-corrected chi connectivity index (χ3v) is 5.56. The zero-order chi connectivity index (χ0) is 19.2. The van der Waals surface area contributed by atoms with Crippen molar-refractivity contribution in [2.75, 3.05) is 26.2 Å². The second-order valence-corrected chi connectivity index (χ2v) is 7.60. The van der Waals surface area contributed by atoms with E-state index in [9.17, 15) is 4.79 Å². The van der Waals surface area contributed by atoms with Crippen molar-refractivity contribution in [2.24, 2.45) is 0 Å². The summed E-state index contributed by atoms with van der Waals surface area (Å²) in [6.07, 6.45) is 2.96. The number of carbonyl (C=O) groups excluding carboxylic acids is 1. The molecule has 1 aliphatic heterocycles. The second-order valence-electron chi connectivity index (χ2n) is 6.56. The van der Waals surface area contributed by atoms with Gasteiger partial charge in [-0.25, -0.2) is 9.78 Å². The van der Waals surface area contributed by atoms with Gasteiger partial charge in [0.15, 0.2) is 0 Å². The zero-order valence-electron chi connectivity index (χ0n) is 15.5. The maximum atomic E-state index is 12.6. The highest BCUT2D eigenvalue weighted by Crippen LogP contribution is 2.25. The molecule has 7 heteroatoms. The zero-order valence-corrected chi connectivity index (χ0v) is 16.3. The van der Waals surface area contributed by atoms with Crippen LogP contribution in [-0.4, -0.2) is 51.8 Å². The Morgan fingerprint density at radius 1 is 0.964 bits per heavy atom. The average molecular weight is 395 g/mol. The smallest absolute Gasteiger partial charge is 0.315 e. The molecule has 0 radical (unpaired) electrons. The van der Waals surface area contributed by atoms with Crippen LogP contribution < -0.4 is 4.84 Å². The highest BCUT2D eigenvalue weighted by Gasteiger charge is 2.23. The van der Waals surface area contributed by atoms with Crippen molar-refractivity contribution >= 4 is 17.9 Å². The van der Waals surface area contributed by atoms with Gasteiger partial charge in [-0.3, -0.25) is 4.90 Å². The van der Waals surface area contributed by atoms with Crippen LogP contribution in [0.25, 0.3) is 0 Å². The van der Waals surface area contributed by atoms with Gasteiger partial charge in [0.25, 0.3) is 0 Å². The highest BCUT2D eigenvalue weighted by atomic mass is 32.2. The largest absolute Gasteiger partial charge is 0.434 e. The van der Waals surface area contributed by atoms with Crippen LogP contribution in [0.4, 0.5) is 4.79 Å². The van der Waals surface area contributed by atoms with E-state index in [0.717, 1.165) is 24.5 Å². The van der Waals surface area contributed by atoms with Gasteiger partial charge in [-0.1, -0.05) is 48.5 Å². The third kappa shape index (κ3) is 4.74. The molecule has 144 valence electrons. The van der Waals surface area contributed by atoms with E-state index in [0.29, 0.717) is 18.2 Å². The number of amides is 1. The van der Waals surface area contributed by atoms with Crippen LogP contribution in [-0.2, 0) is 6.54 Å². The lowest BCUT2D eigenvalue weighted by molar-refractivity contribution is 0.0612. The molecule has 0 N–H and O–H groups in total. The second kappa shape index (κ2) is 8.95. The van der Waals surface area contributed by atoms with Crippen LogP contribution >= 0.6 is 11.8 Å². The molecule has 2 aromatic carbocycles. The Morgan fingerprint density at radius 2 is 1.64 bits per heavy atom. The predicted molar refractivity (Wildman–Crippen MR) is 108 cm³/mol. The summed E-state index contributed by atoms with van der Waals surface area (Å²) in [6.45, 7) is 3.88. The first-order valence-electron chi connectivity index (χ1n) is 9.28. The molecule has 0 saturated carbocycles. The molecule has 1 aliphatic rings. The van der Waals surface area contributed by atoms with E-state index in [4.69, 9.17) is 4.84 Å². The molecule has 6 nitrogen and oxygen atoms in total. The maximum absolute atomic E-state index is 12.6. The van der Waals surface area contributed by atoms with Crippen molar-refractivity contribution in [1.29, 1.82) is 0 Å². The monoisotopic (exact) mass is 394 g/mol. The number of benzene rings is 2. The lowest BCUT2D eigenvalue weighted by atomic mass is 10.2. The predicted octanol–water partition coefficient (Wildman–Crippen LogP) is 3.40. The SMILES string of the molecule is O=C(On1ccnc1Sc1ccccc1)N1CCN(Cc2ccccc2)CC1. The summed E-state index contributed by atoms with van der Waals surface area (Å²) in [5, 5.41) is 0.627. The minimum atomic E-state index is -0.340. The number of hydrogen-bond donors (Lipinski definition) is 0. The van der Waals surface area contributed by atoms with E-state index in [2.05, 4.69) is 34.1 Å². The van der Waals surface area contributed by atoms with E-state index in [-0.39, 0.29) is 6.09 Å². The Kier molecular flexibility index (Phi) is 5.94. The molecule has 0 bridgehead atoms. The number of piperazine rings is 1. The van der Waals surface area contributed by atoms with Crippen LogP contribution in [0, 0.1) is 0 Å². The molecule has 4 rings (SSSR count). The van der Waals surface area contributed by atoms with Gasteiger partial charge >= 0.3 is 6.09 Å². The number of carbonyl (C=O) groups is 1. The molecule has 1 fully saturated rings. The standard InChI is InChI=1S/C21H22N4O2S/c26-21(24-15-13-23(14-16-24)17-18-7-3-1-4-8-18)27-25-12-11-22-20(25)28-19-9-5-2-6-10-19/h1-12H,13-17H2. The van der Waals surface area contributed by atoms with Gasteiger partial charge in [0, 0.05) is 43.8 Å². The molecule has 3 aromatic rings. The van der Waals surface area contributed by atoms with E-state index in [1.165, 1.54) is 22.1 Å². The van der Waals surface area contributed by atoms with Gasteiger partial charge in [0.1, 0.15) is 0 Å². The quantitative estimate of drug-likeness (QED) is 0.664. The molecule has 1 aromatic heterocycles. The van der Waals surface area contributed by atoms with Gasteiger partial charge in [-0.2, -0.15) is 4.73 Å². The first kappa shape index (κ1) is 18.6. The molecule has 28 heavy (non-hydrogen) atoms. The lowest BCUT2D eigenvalue weighted by Gasteiger charge is -2.33. The number of rotatable bonds is 5. The van der Waals surface area contributed by atoms with Crippen molar-refractivity contribution in [2.45, 2.75) is 16.6 Å². The first-order chi connectivity index (χ1) is 13.8. The molecule has 1 amide bonds. The summed E-state index contributed by atoms with van der Waals surface area (Å²) in [5.41, 5.74) is 1.29. The molecule has 2 heterocycles.